The Kier molecular flexibility index (Phi) is 4.96. The van der Waals surface area contributed by atoms with Crippen LogP contribution in [0.15, 0.2) is 48.8 Å². The molecular formula is C16H22N4. The number of pyridine rings is 1. The Morgan fingerprint density at radius 3 is 2.45 bits per heavy atom. The highest BCUT2D eigenvalue weighted by atomic mass is 15.2. The number of hydrogen-bond acceptors (Lipinski definition) is 4. The Bertz CT molecular complexity index is 525. The normalized spacial score (nSPS) is 10.8. The van der Waals surface area contributed by atoms with Gasteiger partial charge in [-0.2, -0.15) is 0 Å². The summed E-state index contributed by atoms with van der Waals surface area (Å²) in [6.07, 6.45) is 4.56. The number of nitrogens with two attached hydrogens (primary N) is 1. The standard InChI is InChI=1S/C16H22N4/c1-19(2)11-6-12-20(14-7-4-3-5-8-14)16-9-10-18-13-15(16)17/h3-5,7-10,13H,6,11-12,17H2,1-2H3. The van der Waals surface area contributed by atoms with Crippen molar-refractivity contribution in [3.05, 3.63) is 48.8 Å². The maximum absolute atomic E-state index is 6.08. The average Bonchev–Trinajstić information content (AvgIpc) is 2.45. The fourth-order valence-corrected chi connectivity index (χ4v) is 2.19. The van der Waals surface area contributed by atoms with Crippen molar-refractivity contribution in [2.45, 2.75) is 6.42 Å². The molecule has 0 amide bonds. The summed E-state index contributed by atoms with van der Waals surface area (Å²) in [7, 11) is 4.18. The van der Waals surface area contributed by atoms with Crippen molar-refractivity contribution >= 4 is 17.1 Å². The maximum atomic E-state index is 6.08. The second-order valence-electron chi connectivity index (χ2n) is 5.08. The van der Waals surface area contributed by atoms with E-state index in [0.29, 0.717) is 5.69 Å². The zero-order valence-corrected chi connectivity index (χ0v) is 12.2. The first-order chi connectivity index (χ1) is 9.68. The van der Waals surface area contributed by atoms with Crippen molar-refractivity contribution in [2.24, 2.45) is 0 Å². The maximum Gasteiger partial charge on any atom is 0.0741 e. The quantitative estimate of drug-likeness (QED) is 0.876. The van der Waals surface area contributed by atoms with Gasteiger partial charge < -0.3 is 15.5 Å². The third-order valence-electron chi connectivity index (χ3n) is 3.17. The number of anilines is 3. The van der Waals surface area contributed by atoms with Crippen molar-refractivity contribution in [2.75, 3.05) is 37.8 Å². The molecule has 106 valence electrons. The van der Waals surface area contributed by atoms with E-state index in [2.05, 4.69) is 41.0 Å². The molecule has 1 aromatic heterocycles. The summed E-state index contributed by atoms with van der Waals surface area (Å²) < 4.78 is 0. The fourth-order valence-electron chi connectivity index (χ4n) is 2.19. The Labute approximate surface area is 120 Å². The Morgan fingerprint density at radius 1 is 1.05 bits per heavy atom. The van der Waals surface area contributed by atoms with E-state index < -0.39 is 0 Å². The van der Waals surface area contributed by atoms with Crippen molar-refractivity contribution in [3.63, 3.8) is 0 Å². The summed E-state index contributed by atoms with van der Waals surface area (Å²) in [5.74, 6) is 0. The van der Waals surface area contributed by atoms with Crippen LogP contribution < -0.4 is 10.6 Å². The zero-order valence-electron chi connectivity index (χ0n) is 12.2. The zero-order chi connectivity index (χ0) is 14.4. The van der Waals surface area contributed by atoms with E-state index >= 15 is 0 Å². The molecule has 0 fully saturated rings. The largest absolute Gasteiger partial charge is 0.396 e. The number of hydrogen-bond donors (Lipinski definition) is 1. The van der Waals surface area contributed by atoms with Gasteiger partial charge in [0.15, 0.2) is 0 Å². The van der Waals surface area contributed by atoms with Gasteiger partial charge in [0.25, 0.3) is 0 Å². The third-order valence-corrected chi connectivity index (χ3v) is 3.17. The lowest BCUT2D eigenvalue weighted by atomic mass is 10.2. The van der Waals surface area contributed by atoms with Crippen LogP contribution in [-0.2, 0) is 0 Å². The van der Waals surface area contributed by atoms with Gasteiger partial charge in [-0.3, -0.25) is 4.98 Å². The van der Waals surface area contributed by atoms with E-state index in [4.69, 9.17) is 5.73 Å². The van der Waals surface area contributed by atoms with Crippen molar-refractivity contribution in [1.82, 2.24) is 9.88 Å². The van der Waals surface area contributed by atoms with E-state index in [-0.39, 0.29) is 0 Å². The molecule has 0 saturated carbocycles. The SMILES string of the molecule is CN(C)CCCN(c1ccccc1)c1ccncc1N. The highest BCUT2D eigenvalue weighted by molar-refractivity contribution is 5.73. The van der Waals surface area contributed by atoms with Gasteiger partial charge in [0.1, 0.15) is 0 Å². The van der Waals surface area contributed by atoms with Gasteiger partial charge in [-0.1, -0.05) is 18.2 Å². The molecule has 4 heteroatoms. The minimum Gasteiger partial charge on any atom is -0.396 e. The topological polar surface area (TPSA) is 45.4 Å². The van der Waals surface area contributed by atoms with Crippen LogP contribution >= 0.6 is 0 Å². The van der Waals surface area contributed by atoms with Crippen LogP contribution in [0.4, 0.5) is 17.1 Å². The smallest absolute Gasteiger partial charge is 0.0741 e. The van der Waals surface area contributed by atoms with E-state index in [0.717, 1.165) is 30.9 Å². The second kappa shape index (κ2) is 6.91. The van der Waals surface area contributed by atoms with Gasteiger partial charge in [0.2, 0.25) is 0 Å². The van der Waals surface area contributed by atoms with Crippen LogP contribution in [0, 0.1) is 0 Å². The number of para-hydroxylation sites is 1. The number of nitrogen functional groups attached to an aromatic ring is 1. The molecule has 2 rings (SSSR count). The van der Waals surface area contributed by atoms with Gasteiger partial charge in [0.05, 0.1) is 17.6 Å². The number of benzene rings is 1. The van der Waals surface area contributed by atoms with Crippen LogP contribution in [0.25, 0.3) is 0 Å². The summed E-state index contributed by atoms with van der Waals surface area (Å²) in [5.41, 5.74) is 8.96. The van der Waals surface area contributed by atoms with Gasteiger partial charge in [-0.05, 0) is 45.3 Å². The minimum atomic E-state index is 0.709. The predicted molar refractivity (Wildman–Crippen MR) is 85.3 cm³/mol. The van der Waals surface area contributed by atoms with Gasteiger partial charge >= 0.3 is 0 Å². The van der Waals surface area contributed by atoms with Crippen LogP contribution in [0.2, 0.25) is 0 Å². The van der Waals surface area contributed by atoms with Crippen LogP contribution in [0.3, 0.4) is 0 Å². The van der Waals surface area contributed by atoms with Gasteiger partial charge in [0, 0.05) is 18.4 Å². The summed E-state index contributed by atoms with van der Waals surface area (Å²) in [6.45, 7) is 1.98. The van der Waals surface area contributed by atoms with Crippen LogP contribution in [-0.4, -0.2) is 37.1 Å². The molecule has 0 bridgehead atoms. The Morgan fingerprint density at radius 2 is 1.80 bits per heavy atom. The lowest BCUT2D eigenvalue weighted by molar-refractivity contribution is 0.402. The summed E-state index contributed by atoms with van der Waals surface area (Å²) >= 11 is 0. The number of aromatic nitrogens is 1. The Balaban J connectivity index is 2.23. The fraction of sp³-hybridized carbons (Fsp3) is 0.312. The summed E-state index contributed by atoms with van der Waals surface area (Å²) in [6, 6.07) is 12.3. The molecule has 2 aromatic rings. The molecular weight excluding hydrogens is 248 g/mol. The van der Waals surface area contributed by atoms with Crippen molar-refractivity contribution in [1.29, 1.82) is 0 Å². The first-order valence-electron chi connectivity index (χ1n) is 6.85. The molecule has 0 atom stereocenters. The molecule has 0 radical (unpaired) electrons. The molecule has 0 unspecified atom stereocenters. The molecule has 1 aromatic carbocycles. The van der Waals surface area contributed by atoms with Gasteiger partial charge in [-0.25, -0.2) is 0 Å². The van der Waals surface area contributed by atoms with E-state index in [1.165, 1.54) is 0 Å². The van der Waals surface area contributed by atoms with Crippen LogP contribution in [0.1, 0.15) is 6.42 Å². The second-order valence-corrected chi connectivity index (χ2v) is 5.08. The Hall–Kier alpha value is -2.07. The third kappa shape index (κ3) is 3.71. The van der Waals surface area contributed by atoms with Crippen molar-refractivity contribution < 1.29 is 0 Å². The minimum absolute atomic E-state index is 0.709. The van der Waals surface area contributed by atoms with Gasteiger partial charge in [-0.15, -0.1) is 0 Å². The van der Waals surface area contributed by atoms with E-state index in [1.54, 1.807) is 12.4 Å². The molecule has 0 aliphatic carbocycles. The predicted octanol–water partition coefficient (Wildman–Crippen LogP) is 2.75. The molecule has 0 aliphatic heterocycles. The average molecular weight is 270 g/mol. The molecule has 1 heterocycles. The van der Waals surface area contributed by atoms with Crippen LogP contribution in [0.5, 0.6) is 0 Å². The highest BCUT2D eigenvalue weighted by Crippen LogP contribution is 2.29. The summed E-state index contributed by atoms with van der Waals surface area (Å²) in [5, 5.41) is 0. The molecule has 0 aliphatic rings. The van der Waals surface area contributed by atoms with E-state index in [9.17, 15) is 0 Å². The lowest BCUT2D eigenvalue weighted by Gasteiger charge is -2.26. The number of nitrogens with zero attached hydrogens (tertiary/aromatic N) is 3. The first-order valence-corrected chi connectivity index (χ1v) is 6.85. The van der Waals surface area contributed by atoms with E-state index in [1.807, 2.05) is 24.3 Å². The first kappa shape index (κ1) is 14.3. The molecule has 0 saturated heterocycles. The molecule has 4 nitrogen and oxygen atoms in total. The lowest BCUT2D eigenvalue weighted by Crippen LogP contribution is -2.23. The monoisotopic (exact) mass is 270 g/mol. The number of rotatable bonds is 6. The molecule has 0 spiro atoms. The summed E-state index contributed by atoms with van der Waals surface area (Å²) in [4.78, 5) is 8.51. The molecule has 2 N–H and O–H groups in total. The highest BCUT2D eigenvalue weighted by Gasteiger charge is 2.11. The van der Waals surface area contributed by atoms with Crippen molar-refractivity contribution in [3.8, 4) is 0 Å². The molecule has 20 heavy (non-hydrogen) atoms.